The summed E-state index contributed by atoms with van der Waals surface area (Å²) < 4.78 is 0. The van der Waals surface area contributed by atoms with E-state index in [4.69, 9.17) is 0 Å². The van der Waals surface area contributed by atoms with Crippen LogP contribution in [0.4, 0.5) is 0 Å². The maximum atomic E-state index is 12.7. The number of para-hydroxylation sites is 1. The molecule has 2 amide bonds. The zero-order valence-corrected chi connectivity index (χ0v) is 14.6. The average Bonchev–Trinajstić information content (AvgIpc) is 3.30. The van der Waals surface area contributed by atoms with Crippen LogP contribution in [-0.4, -0.2) is 52.8 Å². The monoisotopic (exact) mass is 353 g/mol. The number of aromatic nitrogens is 1. The first-order valence-corrected chi connectivity index (χ1v) is 9.26. The number of fused-ring (bicyclic) bond motifs is 1. The predicted molar refractivity (Wildman–Crippen MR) is 98.8 cm³/mol. The number of benzene rings is 1. The van der Waals surface area contributed by atoms with E-state index in [0.717, 1.165) is 15.8 Å². The molecule has 0 bridgehead atoms. The largest absolute Gasteiger partial charge is 0.351 e. The fraction of sp³-hybridized carbons (Fsp3) is 0.263. The topological polar surface area (TPSA) is 56.4 Å². The average molecular weight is 353 g/mol. The van der Waals surface area contributed by atoms with Crippen molar-refractivity contribution < 1.29 is 9.59 Å². The van der Waals surface area contributed by atoms with Gasteiger partial charge in [0.25, 0.3) is 5.91 Å². The normalized spacial score (nSPS) is 14.9. The number of hydrogen-bond acceptors (Lipinski definition) is 3. The van der Waals surface area contributed by atoms with Crippen molar-refractivity contribution in [2.45, 2.75) is 6.42 Å². The Labute approximate surface area is 149 Å². The smallest absolute Gasteiger partial charge is 0.270 e. The van der Waals surface area contributed by atoms with E-state index in [1.807, 2.05) is 57.6 Å². The van der Waals surface area contributed by atoms with E-state index in [1.54, 1.807) is 11.3 Å². The van der Waals surface area contributed by atoms with Crippen LogP contribution < -0.4 is 0 Å². The minimum Gasteiger partial charge on any atom is -0.351 e. The molecule has 4 rings (SSSR count). The molecule has 0 atom stereocenters. The Morgan fingerprint density at radius 2 is 1.76 bits per heavy atom. The Kier molecular flexibility index (Phi) is 4.28. The summed E-state index contributed by atoms with van der Waals surface area (Å²) in [5, 5.41) is 3.02. The van der Waals surface area contributed by atoms with Gasteiger partial charge in [0, 0.05) is 42.0 Å². The zero-order valence-electron chi connectivity index (χ0n) is 13.8. The van der Waals surface area contributed by atoms with E-state index in [-0.39, 0.29) is 11.8 Å². The van der Waals surface area contributed by atoms with Gasteiger partial charge in [0.05, 0.1) is 6.42 Å². The molecule has 2 aromatic heterocycles. The van der Waals surface area contributed by atoms with Crippen molar-refractivity contribution in [3.05, 3.63) is 58.4 Å². The third kappa shape index (κ3) is 3.30. The van der Waals surface area contributed by atoms with Crippen LogP contribution in [0.2, 0.25) is 0 Å². The van der Waals surface area contributed by atoms with Gasteiger partial charge in [0.1, 0.15) is 5.69 Å². The molecule has 0 spiro atoms. The van der Waals surface area contributed by atoms with E-state index in [2.05, 4.69) is 4.98 Å². The van der Waals surface area contributed by atoms with Crippen molar-refractivity contribution in [2.75, 3.05) is 26.2 Å². The highest BCUT2D eigenvalue weighted by atomic mass is 32.1. The second kappa shape index (κ2) is 6.72. The summed E-state index contributed by atoms with van der Waals surface area (Å²) >= 11 is 1.60. The molecule has 6 heteroatoms. The Morgan fingerprint density at radius 3 is 2.48 bits per heavy atom. The summed E-state index contributed by atoms with van der Waals surface area (Å²) in [5.74, 6) is 0.140. The molecule has 0 aliphatic carbocycles. The molecule has 25 heavy (non-hydrogen) atoms. The number of rotatable bonds is 3. The van der Waals surface area contributed by atoms with Crippen molar-refractivity contribution in [3.63, 3.8) is 0 Å². The summed E-state index contributed by atoms with van der Waals surface area (Å²) in [6.07, 6.45) is 0.452. The van der Waals surface area contributed by atoms with Crippen LogP contribution in [0.1, 0.15) is 15.4 Å². The van der Waals surface area contributed by atoms with Gasteiger partial charge in [-0.15, -0.1) is 11.3 Å². The van der Waals surface area contributed by atoms with Gasteiger partial charge in [0.15, 0.2) is 0 Å². The van der Waals surface area contributed by atoms with Gasteiger partial charge < -0.3 is 14.8 Å². The van der Waals surface area contributed by atoms with Crippen molar-refractivity contribution >= 4 is 34.1 Å². The van der Waals surface area contributed by atoms with Gasteiger partial charge >= 0.3 is 0 Å². The quantitative estimate of drug-likeness (QED) is 0.787. The van der Waals surface area contributed by atoms with E-state index >= 15 is 0 Å². The van der Waals surface area contributed by atoms with Crippen LogP contribution in [0, 0.1) is 0 Å². The Bertz CT molecular complexity index is 859. The molecule has 5 nitrogen and oxygen atoms in total. The molecule has 1 saturated heterocycles. The molecular weight excluding hydrogens is 334 g/mol. The number of carbonyl (C=O) groups is 2. The number of piperazine rings is 1. The van der Waals surface area contributed by atoms with Crippen molar-refractivity contribution in [1.82, 2.24) is 14.8 Å². The maximum absolute atomic E-state index is 12.7. The molecule has 0 radical (unpaired) electrons. The van der Waals surface area contributed by atoms with Gasteiger partial charge in [-0.05, 0) is 23.6 Å². The van der Waals surface area contributed by atoms with E-state index in [1.165, 1.54) is 0 Å². The summed E-state index contributed by atoms with van der Waals surface area (Å²) in [6.45, 7) is 2.33. The lowest BCUT2D eigenvalue weighted by Crippen LogP contribution is -2.51. The lowest BCUT2D eigenvalue weighted by molar-refractivity contribution is -0.131. The summed E-state index contributed by atoms with van der Waals surface area (Å²) in [6, 6.07) is 13.7. The summed E-state index contributed by atoms with van der Waals surface area (Å²) in [4.78, 5) is 33.0. The lowest BCUT2D eigenvalue weighted by Gasteiger charge is -2.34. The Balaban J connectivity index is 1.37. The van der Waals surface area contributed by atoms with Gasteiger partial charge in [-0.25, -0.2) is 0 Å². The van der Waals surface area contributed by atoms with Crippen LogP contribution in [0.15, 0.2) is 47.8 Å². The van der Waals surface area contributed by atoms with E-state index < -0.39 is 0 Å². The second-order valence-electron chi connectivity index (χ2n) is 6.20. The number of hydrogen-bond donors (Lipinski definition) is 1. The van der Waals surface area contributed by atoms with Gasteiger partial charge in [-0.3, -0.25) is 9.59 Å². The molecule has 1 aliphatic rings. The van der Waals surface area contributed by atoms with Crippen LogP contribution in [0.3, 0.4) is 0 Å². The molecular formula is C19H19N3O2S. The van der Waals surface area contributed by atoms with Crippen LogP contribution in [-0.2, 0) is 11.2 Å². The molecule has 1 N–H and O–H groups in total. The highest BCUT2D eigenvalue weighted by Gasteiger charge is 2.25. The van der Waals surface area contributed by atoms with E-state index in [0.29, 0.717) is 38.3 Å². The number of carbonyl (C=O) groups excluding carboxylic acids is 2. The van der Waals surface area contributed by atoms with Gasteiger partial charge in [-0.2, -0.15) is 0 Å². The minimum atomic E-state index is 0.00144. The Morgan fingerprint density at radius 1 is 1.00 bits per heavy atom. The first-order valence-electron chi connectivity index (χ1n) is 8.38. The number of thiophene rings is 1. The van der Waals surface area contributed by atoms with Gasteiger partial charge in [0.2, 0.25) is 5.91 Å². The number of amides is 2. The van der Waals surface area contributed by atoms with Crippen molar-refractivity contribution in [3.8, 4) is 0 Å². The predicted octanol–water partition coefficient (Wildman–Crippen LogP) is 2.76. The molecule has 1 fully saturated rings. The highest BCUT2D eigenvalue weighted by molar-refractivity contribution is 7.10. The highest BCUT2D eigenvalue weighted by Crippen LogP contribution is 2.17. The third-order valence-electron chi connectivity index (χ3n) is 4.59. The number of nitrogens with one attached hydrogen (secondary N) is 1. The molecule has 3 heterocycles. The molecule has 0 unspecified atom stereocenters. The van der Waals surface area contributed by atoms with Gasteiger partial charge in [-0.1, -0.05) is 24.3 Å². The fourth-order valence-corrected chi connectivity index (χ4v) is 3.89. The first kappa shape index (κ1) is 15.9. The first-order chi connectivity index (χ1) is 12.2. The summed E-state index contributed by atoms with van der Waals surface area (Å²) in [7, 11) is 0. The number of H-pyrrole nitrogens is 1. The van der Waals surface area contributed by atoms with Crippen LogP contribution >= 0.6 is 11.3 Å². The Hall–Kier alpha value is -2.60. The molecule has 128 valence electrons. The van der Waals surface area contributed by atoms with Crippen LogP contribution in [0.5, 0.6) is 0 Å². The fourth-order valence-electron chi connectivity index (χ4n) is 3.19. The van der Waals surface area contributed by atoms with Crippen molar-refractivity contribution in [1.29, 1.82) is 0 Å². The zero-order chi connectivity index (χ0) is 17.2. The lowest BCUT2D eigenvalue weighted by atomic mass is 10.2. The number of nitrogens with zero attached hydrogens (tertiary/aromatic N) is 2. The summed E-state index contributed by atoms with van der Waals surface area (Å²) in [5.41, 5.74) is 1.58. The maximum Gasteiger partial charge on any atom is 0.270 e. The molecule has 1 aliphatic heterocycles. The molecule has 1 aromatic carbocycles. The second-order valence-corrected chi connectivity index (χ2v) is 7.23. The van der Waals surface area contributed by atoms with E-state index in [9.17, 15) is 9.59 Å². The van der Waals surface area contributed by atoms with Crippen molar-refractivity contribution in [2.24, 2.45) is 0 Å². The molecule has 3 aromatic rings. The standard InChI is InChI=1S/C19H19N3O2S/c23-18(13-15-5-3-11-25-15)21-7-9-22(10-8-21)19(24)17-12-14-4-1-2-6-16(14)20-17/h1-6,11-12,20H,7-10,13H2. The number of aromatic amines is 1. The van der Waals surface area contributed by atoms with Crippen LogP contribution in [0.25, 0.3) is 10.9 Å². The minimum absolute atomic E-state index is 0.00144. The molecule has 0 saturated carbocycles. The third-order valence-corrected chi connectivity index (χ3v) is 5.46. The SMILES string of the molecule is O=C(Cc1cccs1)N1CCN(C(=O)c2cc3ccccc3[nH]2)CC1.